The normalized spacial score (nSPS) is 50.4. The second-order valence-corrected chi connectivity index (χ2v) is 12.6. The zero-order valence-corrected chi connectivity index (χ0v) is 19.6. The summed E-state index contributed by atoms with van der Waals surface area (Å²) in [6.45, 7) is 6.72. The Labute approximate surface area is 184 Å². The lowest BCUT2D eigenvalue weighted by Crippen LogP contribution is -2.53. The Morgan fingerprint density at radius 1 is 0.833 bits per heavy atom. The summed E-state index contributed by atoms with van der Waals surface area (Å²) >= 11 is 0. The molecule has 0 aromatic carbocycles. The van der Waals surface area contributed by atoms with E-state index in [-0.39, 0.29) is 6.10 Å². The first-order valence-electron chi connectivity index (χ1n) is 13.3. The molecule has 3 nitrogen and oxygen atoms in total. The molecule has 5 unspecified atom stereocenters. The molecule has 0 aromatic heterocycles. The van der Waals surface area contributed by atoms with Crippen molar-refractivity contribution < 1.29 is 14.9 Å². The van der Waals surface area contributed by atoms with Gasteiger partial charge in [-0.2, -0.15) is 0 Å². The molecule has 0 radical (unpaired) electrons. The highest BCUT2D eigenvalue weighted by Gasteiger charge is 2.59. The number of hydrogen-bond acceptors (Lipinski definition) is 3. The van der Waals surface area contributed by atoms with Crippen molar-refractivity contribution in [1.29, 1.82) is 0 Å². The van der Waals surface area contributed by atoms with Crippen LogP contribution in [0.15, 0.2) is 0 Å². The van der Waals surface area contributed by atoms with Crippen molar-refractivity contribution in [2.75, 3.05) is 13.2 Å². The van der Waals surface area contributed by atoms with Crippen molar-refractivity contribution in [2.24, 2.45) is 40.4 Å². The van der Waals surface area contributed by atoms with Gasteiger partial charge in [-0.1, -0.05) is 20.3 Å². The van der Waals surface area contributed by atoms with Crippen molar-refractivity contribution in [3.63, 3.8) is 0 Å². The van der Waals surface area contributed by atoms with Gasteiger partial charge in [0.1, 0.15) is 0 Å². The quantitative estimate of drug-likeness (QED) is 0.614. The van der Waals surface area contributed by atoms with Gasteiger partial charge in [0.05, 0.1) is 11.7 Å². The van der Waals surface area contributed by atoms with E-state index in [1.165, 1.54) is 57.8 Å². The molecule has 4 aliphatic carbocycles. The Morgan fingerprint density at radius 2 is 1.57 bits per heavy atom. The standard InChI is InChI=1S/C27H46O3/c1-25-13-10-24-22(7-5-20-18-21(28)9-12-26(20,24)2)23(25)8-6-19(25)4-3-11-27(29)14-16-30-17-15-27/h19-24,28-29H,3-18H2,1-2H3/t19-,20?,21-,22-,23?,24?,25?,26?/m0/s1. The van der Waals surface area contributed by atoms with E-state index in [0.717, 1.165) is 74.9 Å². The molecule has 1 aliphatic heterocycles. The molecule has 3 heteroatoms. The van der Waals surface area contributed by atoms with Crippen molar-refractivity contribution >= 4 is 0 Å². The summed E-state index contributed by atoms with van der Waals surface area (Å²) in [6, 6.07) is 0. The first-order chi connectivity index (χ1) is 14.3. The van der Waals surface area contributed by atoms with E-state index in [0.29, 0.717) is 10.8 Å². The summed E-state index contributed by atoms with van der Waals surface area (Å²) in [5.74, 6) is 4.40. The van der Waals surface area contributed by atoms with Crippen LogP contribution in [0.5, 0.6) is 0 Å². The van der Waals surface area contributed by atoms with Crippen LogP contribution in [-0.4, -0.2) is 35.1 Å². The minimum absolute atomic E-state index is 0.0325. The fourth-order valence-electron chi connectivity index (χ4n) is 9.50. The molecular formula is C27H46O3. The van der Waals surface area contributed by atoms with Crippen LogP contribution in [0.3, 0.4) is 0 Å². The molecule has 5 rings (SSSR count). The highest BCUT2D eigenvalue weighted by Crippen LogP contribution is 2.67. The van der Waals surface area contributed by atoms with Gasteiger partial charge < -0.3 is 14.9 Å². The molecule has 2 N–H and O–H groups in total. The Kier molecular flexibility index (Phi) is 5.81. The van der Waals surface area contributed by atoms with Gasteiger partial charge in [-0.15, -0.1) is 0 Å². The minimum Gasteiger partial charge on any atom is -0.393 e. The maximum atomic E-state index is 10.9. The molecule has 5 fully saturated rings. The van der Waals surface area contributed by atoms with Crippen LogP contribution in [0.2, 0.25) is 0 Å². The van der Waals surface area contributed by atoms with Gasteiger partial charge in [-0.3, -0.25) is 0 Å². The number of ether oxygens (including phenoxy) is 1. The molecule has 0 bridgehead atoms. The number of fused-ring (bicyclic) bond motifs is 5. The van der Waals surface area contributed by atoms with E-state index < -0.39 is 5.60 Å². The highest BCUT2D eigenvalue weighted by molar-refractivity contribution is 5.09. The maximum absolute atomic E-state index is 10.9. The molecule has 0 spiro atoms. The summed E-state index contributed by atoms with van der Waals surface area (Å²) in [6.07, 6.45) is 17.0. The Balaban J connectivity index is 1.23. The molecule has 1 heterocycles. The predicted molar refractivity (Wildman–Crippen MR) is 120 cm³/mol. The van der Waals surface area contributed by atoms with E-state index in [1.54, 1.807) is 0 Å². The van der Waals surface area contributed by atoms with Crippen LogP contribution in [0, 0.1) is 40.4 Å². The smallest absolute Gasteiger partial charge is 0.0691 e. The fourth-order valence-corrected chi connectivity index (χ4v) is 9.50. The maximum Gasteiger partial charge on any atom is 0.0691 e. The third kappa shape index (κ3) is 3.59. The summed E-state index contributed by atoms with van der Waals surface area (Å²) in [5.41, 5.74) is 0.581. The monoisotopic (exact) mass is 418 g/mol. The average Bonchev–Trinajstić information content (AvgIpc) is 3.05. The largest absolute Gasteiger partial charge is 0.393 e. The lowest BCUT2D eigenvalue weighted by Gasteiger charge is -2.61. The van der Waals surface area contributed by atoms with Gasteiger partial charge in [0.15, 0.2) is 0 Å². The summed E-state index contributed by atoms with van der Waals surface area (Å²) < 4.78 is 5.46. The Bertz CT molecular complexity index is 613. The second kappa shape index (κ2) is 8.03. The predicted octanol–water partition coefficient (Wildman–Crippen LogP) is 5.72. The van der Waals surface area contributed by atoms with E-state index in [4.69, 9.17) is 4.74 Å². The highest BCUT2D eigenvalue weighted by atomic mass is 16.5. The average molecular weight is 419 g/mol. The molecular weight excluding hydrogens is 372 g/mol. The van der Waals surface area contributed by atoms with Gasteiger partial charge in [0.25, 0.3) is 0 Å². The van der Waals surface area contributed by atoms with Crippen molar-refractivity contribution in [2.45, 2.75) is 115 Å². The number of aliphatic hydroxyl groups is 2. The van der Waals surface area contributed by atoms with Gasteiger partial charge in [0.2, 0.25) is 0 Å². The Morgan fingerprint density at radius 3 is 2.37 bits per heavy atom. The van der Waals surface area contributed by atoms with Gasteiger partial charge in [0, 0.05) is 13.2 Å². The molecule has 30 heavy (non-hydrogen) atoms. The molecule has 4 saturated carbocycles. The molecule has 172 valence electrons. The fraction of sp³-hybridized carbons (Fsp3) is 1.00. The minimum atomic E-state index is -0.451. The van der Waals surface area contributed by atoms with Crippen LogP contribution in [0.25, 0.3) is 0 Å². The zero-order valence-electron chi connectivity index (χ0n) is 19.6. The molecule has 5 aliphatic rings. The van der Waals surface area contributed by atoms with Crippen LogP contribution < -0.4 is 0 Å². The van der Waals surface area contributed by atoms with E-state index in [9.17, 15) is 10.2 Å². The van der Waals surface area contributed by atoms with Crippen molar-refractivity contribution in [3.05, 3.63) is 0 Å². The number of aliphatic hydroxyl groups excluding tert-OH is 1. The molecule has 0 aromatic rings. The second-order valence-electron chi connectivity index (χ2n) is 12.6. The van der Waals surface area contributed by atoms with Crippen LogP contribution in [0.1, 0.15) is 104 Å². The van der Waals surface area contributed by atoms with Crippen LogP contribution >= 0.6 is 0 Å². The van der Waals surface area contributed by atoms with Gasteiger partial charge >= 0.3 is 0 Å². The van der Waals surface area contributed by atoms with Gasteiger partial charge in [-0.05, 0) is 124 Å². The van der Waals surface area contributed by atoms with E-state index in [1.807, 2.05) is 0 Å². The van der Waals surface area contributed by atoms with Gasteiger partial charge in [-0.25, -0.2) is 0 Å². The third-order valence-electron chi connectivity index (χ3n) is 11.5. The van der Waals surface area contributed by atoms with Crippen LogP contribution in [-0.2, 0) is 4.74 Å². The SMILES string of the molecule is CC12CC[C@H](O)CC1CC[C@@H]1C2CCC2(C)C1CC[C@@H]2CCCC1(O)CCOCC1. The first-order valence-corrected chi connectivity index (χ1v) is 13.3. The zero-order chi connectivity index (χ0) is 21.0. The third-order valence-corrected chi connectivity index (χ3v) is 11.5. The van der Waals surface area contributed by atoms with E-state index in [2.05, 4.69) is 13.8 Å². The summed E-state index contributed by atoms with van der Waals surface area (Å²) in [4.78, 5) is 0. The van der Waals surface area contributed by atoms with Crippen molar-refractivity contribution in [3.8, 4) is 0 Å². The van der Waals surface area contributed by atoms with Crippen molar-refractivity contribution in [1.82, 2.24) is 0 Å². The number of hydrogen-bond donors (Lipinski definition) is 2. The summed E-state index contributed by atoms with van der Waals surface area (Å²) in [7, 11) is 0. The molecule has 8 atom stereocenters. The lowest BCUT2D eigenvalue weighted by atomic mass is 9.44. The molecule has 1 saturated heterocycles. The first kappa shape index (κ1) is 21.7. The van der Waals surface area contributed by atoms with Crippen LogP contribution in [0.4, 0.5) is 0 Å². The summed E-state index contributed by atoms with van der Waals surface area (Å²) in [5, 5.41) is 21.1. The number of rotatable bonds is 4. The van der Waals surface area contributed by atoms with E-state index >= 15 is 0 Å². The topological polar surface area (TPSA) is 49.7 Å². The Hall–Kier alpha value is -0.120. The molecule has 0 amide bonds. The lowest BCUT2D eigenvalue weighted by molar-refractivity contribution is -0.127.